The predicted octanol–water partition coefficient (Wildman–Crippen LogP) is 0.132. The number of anilines is 1. The number of nitrogens with zero attached hydrogens (tertiary/aromatic N) is 2. The molecule has 0 aliphatic heterocycles. The third-order valence-corrected chi connectivity index (χ3v) is 1.92. The monoisotopic (exact) mass is 186 g/mol. The van der Waals surface area contributed by atoms with Crippen molar-refractivity contribution in [3.8, 4) is 0 Å². The zero-order valence-electron chi connectivity index (χ0n) is 6.87. The van der Waals surface area contributed by atoms with Gasteiger partial charge in [-0.3, -0.25) is 10.1 Å². The molecule has 0 unspecified atom stereocenters. The number of nitrogens with one attached hydrogen (secondary N) is 1. The van der Waals surface area contributed by atoms with E-state index in [0.29, 0.717) is 5.13 Å². The van der Waals surface area contributed by atoms with E-state index in [0.717, 1.165) is 5.01 Å². The Morgan fingerprint density at radius 1 is 1.67 bits per heavy atom. The van der Waals surface area contributed by atoms with Crippen molar-refractivity contribution >= 4 is 22.4 Å². The van der Waals surface area contributed by atoms with Gasteiger partial charge in [-0.1, -0.05) is 11.3 Å². The fourth-order valence-corrected chi connectivity index (χ4v) is 1.16. The molecule has 0 radical (unpaired) electrons. The first-order valence-electron chi connectivity index (χ1n) is 3.46. The zero-order valence-corrected chi connectivity index (χ0v) is 7.68. The summed E-state index contributed by atoms with van der Waals surface area (Å²) in [6, 6.07) is -0.519. The molecule has 5 nitrogen and oxygen atoms in total. The fourth-order valence-electron chi connectivity index (χ4n) is 0.566. The largest absolute Gasteiger partial charge is 0.320 e. The van der Waals surface area contributed by atoms with Gasteiger partial charge in [-0.2, -0.15) is 0 Å². The molecule has 0 aromatic carbocycles. The highest BCUT2D eigenvalue weighted by atomic mass is 32.1. The second-order valence-corrected chi connectivity index (χ2v) is 3.59. The van der Waals surface area contributed by atoms with Crippen molar-refractivity contribution in [2.45, 2.75) is 19.9 Å². The fraction of sp³-hybridized carbons (Fsp3) is 0.500. The Labute approximate surface area is 74.0 Å². The Bertz CT molecular complexity index is 283. The molecule has 1 heterocycles. The van der Waals surface area contributed by atoms with Crippen molar-refractivity contribution in [2.24, 2.45) is 5.73 Å². The number of hydrogen-bond donors (Lipinski definition) is 2. The summed E-state index contributed by atoms with van der Waals surface area (Å²) in [5.74, 6) is -0.244. The molecular weight excluding hydrogens is 176 g/mol. The van der Waals surface area contributed by atoms with Gasteiger partial charge in [-0.25, -0.2) is 0 Å². The first-order valence-corrected chi connectivity index (χ1v) is 4.28. The first-order chi connectivity index (χ1) is 5.59. The minimum absolute atomic E-state index is 0.244. The van der Waals surface area contributed by atoms with Crippen LogP contribution < -0.4 is 11.1 Å². The van der Waals surface area contributed by atoms with Crippen molar-refractivity contribution in [1.29, 1.82) is 0 Å². The van der Waals surface area contributed by atoms with Crippen LogP contribution in [0.5, 0.6) is 0 Å². The van der Waals surface area contributed by atoms with Crippen molar-refractivity contribution < 1.29 is 4.79 Å². The van der Waals surface area contributed by atoms with Crippen LogP contribution in [0.2, 0.25) is 0 Å². The topological polar surface area (TPSA) is 80.9 Å². The Morgan fingerprint density at radius 2 is 2.33 bits per heavy atom. The Hall–Kier alpha value is -1.01. The molecule has 66 valence electrons. The second-order valence-electron chi connectivity index (χ2n) is 2.40. The maximum absolute atomic E-state index is 11.0. The molecule has 1 rings (SSSR count). The molecule has 0 aliphatic carbocycles. The smallest absolute Gasteiger partial charge is 0.242 e. The molecule has 1 atom stereocenters. The van der Waals surface area contributed by atoms with Gasteiger partial charge in [0.1, 0.15) is 5.01 Å². The van der Waals surface area contributed by atoms with Gasteiger partial charge < -0.3 is 5.73 Å². The van der Waals surface area contributed by atoms with E-state index in [-0.39, 0.29) is 5.91 Å². The quantitative estimate of drug-likeness (QED) is 0.688. The Morgan fingerprint density at radius 3 is 2.75 bits per heavy atom. The molecule has 3 N–H and O–H groups in total. The molecule has 1 aromatic rings. The molecule has 1 aromatic heterocycles. The third-order valence-electron chi connectivity index (χ3n) is 1.17. The highest BCUT2D eigenvalue weighted by Gasteiger charge is 2.09. The number of hydrogen-bond acceptors (Lipinski definition) is 5. The number of aryl methyl sites for hydroxylation is 1. The van der Waals surface area contributed by atoms with Gasteiger partial charge in [0.25, 0.3) is 0 Å². The number of carbonyl (C=O) groups is 1. The van der Waals surface area contributed by atoms with Crippen LogP contribution in [0.3, 0.4) is 0 Å². The number of aromatic nitrogens is 2. The minimum atomic E-state index is -0.519. The number of carbonyl (C=O) groups excluding carboxylic acids is 1. The third kappa shape index (κ3) is 2.24. The molecule has 0 saturated carbocycles. The molecule has 0 fully saturated rings. The lowest BCUT2D eigenvalue weighted by Gasteiger charge is -2.02. The summed E-state index contributed by atoms with van der Waals surface area (Å²) >= 11 is 1.32. The van der Waals surface area contributed by atoms with Gasteiger partial charge in [0.2, 0.25) is 11.0 Å². The lowest BCUT2D eigenvalue weighted by Crippen LogP contribution is -2.32. The highest BCUT2D eigenvalue weighted by Crippen LogP contribution is 2.13. The predicted molar refractivity (Wildman–Crippen MR) is 46.9 cm³/mol. The Balaban J connectivity index is 2.58. The average molecular weight is 186 g/mol. The van der Waals surface area contributed by atoms with Gasteiger partial charge in [0.15, 0.2) is 0 Å². The van der Waals surface area contributed by atoms with Crippen LogP contribution in [0.25, 0.3) is 0 Å². The summed E-state index contributed by atoms with van der Waals surface area (Å²) in [4.78, 5) is 11.0. The van der Waals surface area contributed by atoms with Crippen molar-refractivity contribution in [3.63, 3.8) is 0 Å². The van der Waals surface area contributed by atoms with Crippen molar-refractivity contribution in [1.82, 2.24) is 10.2 Å². The van der Waals surface area contributed by atoms with Crippen LogP contribution in [0, 0.1) is 6.92 Å². The molecular formula is C6H10N4OS. The van der Waals surface area contributed by atoms with E-state index in [4.69, 9.17) is 5.73 Å². The molecule has 0 bridgehead atoms. The van der Waals surface area contributed by atoms with Gasteiger partial charge >= 0.3 is 0 Å². The Kier molecular flexibility index (Phi) is 2.72. The van der Waals surface area contributed by atoms with Crippen LogP contribution in [-0.4, -0.2) is 22.1 Å². The molecule has 1 amide bonds. The summed E-state index contributed by atoms with van der Waals surface area (Å²) in [5.41, 5.74) is 5.33. The molecule has 6 heteroatoms. The summed E-state index contributed by atoms with van der Waals surface area (Å²) in [5, 5.41) is 11.3. The number of rotatable bonds is 2. The van der Waals surface area contributed by atoms with E-state index in [1.165, 1.54) is 11.3 Å². The normalized spacial score (nSPS) is 12.6. The van der Waals surface area contributed by atoms with Crippen molar-refractivity contribution in [2.75, 3.05) is 5.32 Å². The maximum Gasteiger partial charge on any atom is 0.242 e. The highest BCUT2D eigenvalue weighted by molar-refractivity contribution is 7.15. The SMILES string of the molecule is Cc1nnc(NC(=O)[C@@H](C)N)s1. The summed E-state index contributed by atoms with van der Waals surface area (Å²) < 4.78 is 0. The number of nitrogens with two attached hydrogens (primary N) is 1. The average Bonchev–Trinajstić information content (AvgIpc) is 2.35. The van der Waals surface area contributed by atoms with Gasteiger partial charge in [-0.05, 0) is 13.8 Å². The van der Waals surface area contributed by atoms with Gasteiger partial charge in [0, 0.05) is 0 Å². The standard InChI is InChI=1S/C6H10N4OS/c1-3(7)5(11)8-6-10-9-4(2)12-6/h3H,7H2,1-2H3,(H,8,10,11)/t3-/m1/s1. The molecule has 0 spiro atoms. The molecule has 0 aliphatic rings. The van der Waals surface area contributed by atoms with Gasteiger partial charge in [0.05, 0.1) is 6.04 Å². The lowest BCUT2D eigenvalue weighted by atomic mass is 10.3. The second kappa shape index (κ2) is 3.59. The first kappa shape index (κ1) is 9.08. The van der Waals surface area contributed by atoms with E-state index in [9.17, 15) is 4.79 Å². The van der Waals surface area contributed by atoms with Crippen LogP contribution in [0.4, 0.5) is 5.13 Å². The van der Waals surface area contributed by atoms with Crippen LogP contribution in [-0.2, 0) is 4.79 Å². The van der Waals surface area contributed by atoms with Crippen LogP contribution in [0.15, 0.2) is 0 Å². The van der Waals surface area contributed by atoms with E-state index < -0.39 is 6.04 Å². The van der Waals surface area contributed by atoms with E-state index in [1.807, 2.05) is 6.92 Å². The van der Waals surface area contributed by atoms with Gasteiger partial charge in [-0.15, -0.1) is 10.2 Å². The summed E-state index contributed by atoms with van der Waals surface area (Å²) in [6.07, 6.45) is 0. The summed E-state index contributed by atoms with van der Waals surface area (Å²) in [7, 11) is 0. The summed E-state index contributed by atoms with van der Waals surface area (Å²) in [6.45, 7) is 3.43. The van der Waals surface area contributed by atoms with Crippen LogP contribution in [0.1, 0.15) is 11.9 Å². The van der Waals surface area contributed by atoms with Crippen LogP contribution >= 0.6 is 11.3 Å². The maximum atomic E-state index is 11.0. The number of amides is 1. The molecule has 12 heavy (non-hydrogen) atoms. The van der Waals surface area contributed by atoms with E-state index in [1.54, 1.807) is 6.92 Å². The van der Waals surface area contributed by atoms with E-state index >= 15 is 0 Å². The lowest BCUT2D eigenvalue weighted by molar-refractivity contribution is -0.117. The minimum Gasteiger partial charge on any atom is -0.320 e. The van der Waals surface area contributed by atoms with E-state index in [2.05, 4.69) is 15.5 Å². The zero-order chi connectivity index (χ0) is 9.14. The molecule has 0 saturated heterocycles. The van der Waals surface area contributed by atoms with Crippen molar-refractivity contribution in [3.05, 3.63) is 5.01 Å².